The molecule has 0 aliphatic rings. The third kappa shape index (κ3) is 3.38. The van der Waals surface area contributed by atoms with Gasteiger partial charge in [0.1, 0.15) is 11.5 Å². The van der Waals surface area contributed by atoms with E-state index in [-0.39, 0.29) is 5.97 Å². The van der Waals surface area contributed by atoms with E-state index in [1.54, 1.807) is 19.1 Å². The van der Waals surface area contributed by atoms with Gasteiger partial charge in [0.05, 0.1) is 17.7 Å². The van der Waals surface area contributed by atoms with Gasteiger partial charge in [0.25, 0.3) is 0 Å². The molecule has 0 N–H and O–H groups in total. The van der Waals surface area contributed by atoms with Crippen molar-refractivity contribution in [3.05, 3.63) is 65.4 Å². The summed E-state index contributed by atoms with van der Waals surface area (Å²) >= 11 is 0. The van der Waals surface area contributed by atoms with E-state index in [2.05, 4.69) is 4.98 Å². The highest BCUT2D eigenvalue weighted by atomic mass is 16.5. The van der Waals surface area contributed by atoms with Gasteiger partial charge < -0.3 is 9.47 Å². The van der Waals surface area contributed by atoms with Crippen LogP contribution in [0, 0.1) is 13.8 Å². The number of aromatic nitrogens is 1. The Morgan fingerprint density at radius 3 is 2.50 bits per heavy atom. The number of rotatable bonds is 4. The smallest absolute Gasteiger partial charge is 0.338 e. The Morgan fingerprint density at radius 2 is 1.79 bits per heavy atom. The Bertz CT molecular complexity index is 885. The number of carbonyl (C=O) groups excluding carboxylic acids is 1. The lowest BCUT2D eigenvalue weighted by Crippen LogP contribution is -2.04. The molecule has 3 aromatic rings. The summed E-state index contributed by atoms with van der Waals surface area (Å²) in [6.07, 6.45) is 0. The number of ether oxygens (including phenoxy) is 2. The van der Waals surface area contributed by atoms with E-state index < -0.39 is 0 Å². The maximum absolute atomic E-state index is 12.0. The Labute approximate surface area is 141 Å². The van der Waals surface area contributed by atoms with Crippen molar-refractivity contribution in [2.24, 2.45) is 0 Å². The minimum absolute atomic E-state index is 0.343. The minimum Gasteiger partial charge on any atom is -0.462 e. The number of pyridine rings is 1. The lowest BCUT2D eigenvalue weighted by molar-refractivity contribution is 0.0526. The second kappa shape index (κ2) is 6.71. The molecule has 0 fully saturated rings. The van der Waals surface area contributed by atoms with E-state index in [0.717, 1.165) is 22.3 Å². The van der Waals surface area contributed by atoms with Crippen molar-refractivity contribution in [3.63, 3.8) is 0 Å². The number of fused-ring (bicyclic) bond motifs is 1. The Morgan fingerprint density at radius 1 is 1.04 bits per heavy atom. The molecule has 0 atom stereocenters. The molecule has 3 rings (SSSR count). The van der Waals surface area contributed by atoms with E-state index in [0.29, 0.717) is 17.9 Å². The maximum Gasteiger partial charge on any atom is 0.338 e. The number of carbonyl (C=O) groups is 1. The summed E-state index contributed by atoms with van der Waals surface area (Å²) < 4.78 is 11.1. The number of hydrogen-bond acceptors (Lipinski definition) is 4. The first-order valence-corrected chi connectivity index (χ1v) is 7.90. The fraction of sp³-hybridized carbons (Fsp3) is 0.200. The Kier molecular flexibility index (Phi) is 4.47. The van der Waals surface area contributed by atoms with Crippen molar-refractivity contribution >= 4 is 16.9 Å². The van der Waals surface area contributed by atoms with Crippen molar-refractivity contribution in [2.75, 3.05) is 6.61 Å². The van der Waals surface area contributed by atoms with Crippen LogP contribution < -0.4 is 4.74 Å². The number of aryl methyl sites for hydroxylation is 2. The zero-order valence-electron chi connectivity index (χ0n) is 14.0. The first-order valence-electron chi connectivity index (χ1n) is 7.90. The molecule has 2 aromatic carbocycles. The molecule has 1 aromatic heterocycles. The fourth-order valence-electron chi connectivity index (χ4n) is 2.48. The van der Waals surface area contributed by atoms with Crippen molar-refractivity contribution in [3.8, 4) is 11.5 Å². The lowest BCUT2D eigenvalue weighted by Gasteiger charge is -2.11. The second-order valence-electron chi connectivity index (χ2n) is 5.63. The molecule has 0 unspecified atom stereocenters. The first kappa shape index (κ1) is 16.0. The standard InChI is InChI=1S/C20H19NO3/c1-4-23-20(22)15-7-10-18-17(12-15)19(11-14(3)21-18)24-16-8-5-13(2)6-9-16/h5-12H,4H2,1-3H3. The largest absolute Gasteiger partial charge is 0.462 e. The molecule has 0 spiro atoms. The SMILES string of the molecule is CCOC(=O)c1ccc2nc(C)cc(Oc3ccc(C)cc3)c2c1. The van der Waals surface area contributed by atoms with E-state index in [9.17, 15) is 4.79 Å². The fourth-order valence-corrected chi connectivity index (χ4v) is 2.48. The molecule has 24 heavy (non-hydrogen) atoms. The van der Waals surface area contributed by atoms with Crippen molar-refractivity contribution < 1.29 is 14.3 Å². The third-order valence-corrected chi connectivity index (χ3v) is 3.66. The van der Waals surface area contributed by atoms with Gasteiger partial charge in [-0.25, -0.2) is 4.79 Å². The highest BCUT2D eigenvalue weighted by Crippen LogP contribution is 2.31. The molecule has 0 saturated heterocycles. The van der Waals surface area contributed by atoms with Gasteiger partial charge in [-0.15, -0.1) is 0 Å². The van der Waals surface area contributed by atoms with Crippen molar-refractivity contribution in [1.82, 2.24) is 4.98 Å². The second-order valence-corrected chi connectivity index (χ2v) is 5.63. The predicted molar refractivity (Wildman–Crippen MR) is 93.7 cm³/mol. The first-order chi connectivity index (χ1) is 11.6. The summed E-state index contributed by atoms with van der Waals surface area (Å²) in [7, 11) is 0. The average Bonchev–Trinajstić information content (AvgIpc) is 2.56. The zero-order valence-corrected chi connectivity index (χ0v) is 14.0. The molecule has 0 aliphatic carbocycles. The van der Waals surface area contributed by atoms with Crippen molar-refractivity contribution in [2.45, 2.75) is 20.8 Å². The van der Waals surface area contributed by atoms with Crippen LogP contribution in [-0.2, 0) is 4.74 Å². The van der Waals surface area contributed by atoms with Crippen LogP contribution in [0.3, 0.4) is 0 Å². The predicted octanol–water partition coefficient (Wildman–Crippen LogP) is 4.82. The monoisotopic (exact) mass is 321 g/mol. The van der Waals surface area contributed by atoms with Crippen LogP contribution in [0.2, 0.25) is 0 Å². The quantitative estimate of drug-likeness (QED) is 0.646. The normalized spacial score (nSPS) is 10.6. The maximum atomic E-state index is 12.0. The molecule has 1 heterocycles. The summed E-state index contributed by atoms with van der Waals surface area (Å²) in [5.41, 5.74) is 3.30. The average molecular weight is 321 g/mol. The molecular formula is C20H19NO3. The van der Waals surface area contributed by atoms with Gasteiger partial charge in [0.15, 0.2) is 0 Å². The molecule has 4 heteroatoms. The van der Waals surface area contributed by atoms with Crippen LogP contribution in [0.25, 0.3) is 10.9 Å². The number of benzene rings is 2. The van der Waals surface area contributed by atoms with Gasteiger partial charge in [-0.1, -0.05) is 17.7 Å². The highest BCUT2D eigenvalue weighted by molar-refractivity contribution is 5.96. The molecule has 0 aliphatic heterocycles. The van der Waals surface area contributed by atoms with Gasteiger partial charge in [-0.2, -0.15) is 0 Å². The molecule has 0 radical (unpaired) electrons. The van der Waals surface area contributed by atoms with E-state index in [1.807, 2.05) is 50.2 Å². The zero-order chi connectivity index (χ0) is 17.1. The molecule has 122 valence electrons. The minimum atomic E-state index is -0.346. The summed E-state index contributed by atoms with van der Waals surface area (Å²) in [6, 6.07) is 15.0. The topological polar surface area (TPSA) is 48.4 Å². The lowest BCUT2D eigenvalue weighted by atomic mass is 10.1. The van der Waals surface area contributed by atoms with Crippen LogP contribution in [-0.4, -0.2) is 17.6 Å². The molecule has 4 nitrogen and oxygen atoms in total. The van der Waals surface area contributed by atoms with Gasteiger partial charge in [-0.3, -0.25) is 4.98 Å². The summed E-state index contributed by atoms with van der Waals surface area (Å²) in [5.74, 6) is 1.07. The molecule has 0 amide bonds. The van der Waals surface area contributed by atoms with Crippen LogP contribution >= 0.6 is 0 Å². The number of nitrogens with zero attached hydrogens (tertiary/aromatic N) is 1. The number of esters is 1. The van der Waals surface area contributed by atoms with Gasteiger partial charge in [0.2, 0.25) is 0 Å². The van der Waals surface area contributed by atoms with Gasteiger partial charge in [0, 0.05) is 17.1 Å². The Balaban J connectivity index is 2.05. The molecule has 0 bridgehead atoms. The third-order valence-electron chi connectivity index (χ3n) is 3.66. The summed E-state index contributed by atoms with van der Waals surface area (Å²) in [4.78, 5) is 16.5. The van der Waals surface area contributed by atoms with Gasteiger partial charge >= 0.3 is 5.97 Å². The van der Waals surface area contributed by atoms with Crippen molar-refractivity contribution in [1.29, 1.82) is 0 Å². The van der Waals surface area contributed by atoms with Crippen LogP contribution in [0.5, 0.6) is 11.5 Å². The van der Waals surface area contributed by atoms with E-state index in [4.69, 9.17) is 9.47 Å². The summed E-state index contributed by atoms with van der Waals surface area (Å²) in [5, 5.41) is 0.784. The van der Waals surface area contributed by atoms with E-state index in [1.165, 1.54) is 5.56 Å². The van der Waals surface area contributed by atoms with Crippen LogP contribution in [0.15, 0.2) is 48.5 Å². The van der Waals surface area contributed by atoms with Crippen LogP contribution in [0.4, 0.5) is 0 Å². The van der Waals surface area contributed by atoms with Gasteiger partial charge in [-0.05, 0) is 51.1 Å². The summed E-state index contributed by atoms with van der Waals surface area (Å²) in [6.45, 7) is 6.08. The highest BCUT2D eigenvalue weighted by Gasteiger charge is 2.12. The molecule has 0 saturated carbocycles. The van der Waals surface area contributed by atoms with E-state index >= 15 is 0 Å². The number of hydrogen-bond donors (Lipinski definition) is 0. The molecular weight excluding hydrogens is 302 g/mol. The Hall–Kier alpha value is -2.88. The van der Waals surface area contributed by atoms with Crippen LogP contribution in [0.1, 0.15) is 28.5 Å².